The summed E-state index contributed by atoms with van der Waals surface area (Å²) in [6.07, 6.45) is -5.14. The van der Waals surface area contributed by atoms with Gasteiger partial charge in [-0.1, -0.05) is 0 Å². The number of rotatable bonds is 6. The molecule has 0 bridgehead atoms. The number of aryl methyl sites for hydroxylation is 1. The summed E-state index contributed by atoms with van der Waals surface area (Å²) in [4.78, 5) is 15.4. The predicted octanol–water partition coefficient (Wildman–Crippen LogP) is 4.19. The minimum atomic E-state index is -5.14. The highest BCUT2D eigenvalue weighted by Gasteiger charge is 2.37. The molecule has 7 nitrogen and oxygen atoms in total. The molecule has 0 aliphatic heterocycles. The van der Waals surface area contributed by atoms with Gasteiger partial charge in [-0.25, -0.2) is 17.9 Å². The Kier molecular flexibility index (Phi) is 6.51. The Balaban J connectivity index is 2.13. The lowest BCUT2D eigenvalue weighted by molar-refractivity contribution is -0.143. The first kappa shape index (κ1) is 23.9. The molecule has 3 aromatic rings. The molecule has 0 fully saturated rings. The van der Waals surface area contributed by atoms with E-state index in [1.165, 1.54) is 20.3 Å². The minimum Gasteiger partial charge on any atom is -0.493 e. The van der Waals surface area contributed by atoms with Gasteiger partial charge in [0.25, 0.3) is 0 Å². The van der Waals surface area contributed by atoms with Crippen LogP contribution in [0.15, 0.2) is 29.1 Å². The summed E-state index contributed by atoms with van der Waals surface area (Å²) in [6, 6.07) is 4.19. The van der Waals surface area contributed by atoms with Crippen molar-refractivity contribution in [2.45, 2.75) is 19.6 Å². The molecule has 13 heteroatoms. The van der Waals surface area contributed by atoms with Gasteiger partial charge in [-0.05, 0) is 36.2 Å². The van der Waals surface area contributed by atoms with Gasteiger partial charge >= 0.3 is 11.7 Å². The smallest absolute Gasteiger partial charge is 0.440 e. The van der Waals surface area contributed by atoms with Gasteiger partial charge in [-0.3, -0.25) is 4.79 Å². The van der Waals surface area contributed by atoms with E-state index in [0.717, 1.165) is 0 Å². The highest BCUT2D eigenvalue weighted by atomic mass is 19.4. The highest BCUT2D eigenvalue weighted by Crippen LogP contribution is 2.34. The van der Waals surface area contributed by atoms with Crippen LogP contribution < -0.4 is 20.3 Å². The molecule has 0 unspecified atom stereocenters. The van der Waals surface area contributed by atoms with Crippen LogP contribution in [0.1, 0.15) is 16.8 Å². The average Bonchev–Trinajstić information content (AvgIpc) is 2.73. The highest BCUT2D eigenvalue weighted by molar-refractivity contribution is 5.64. The van der Waals surface area contributed by atoms with Crippen molar-refractivity contribution in [2.75, 3.05) is 19.5 Å². The van der Waals surface area contributed by atoms with Gasteiger partial charge in [0.2, 0.25) is 11.6 Å². The van der Waals surface area contributed by atoms with E-state index < -0.39 is 47.4 Å². The largest absolute Gasteiger partial charge is 0.493 e. The van der Waals surface area contributed by atoms with Crippen molar-refractivity contribution < 1.29 is 35.8 Å². The SMILES string of the molecule is COc1cc(C)c(Nc2nc(=O)c(C(F)(F)F)nn2Cc2cc(F)c(F)c(F)c2)cc1OC. The number of aromatic nitrogens is 3. The molecule has 0 saturated carbocycles. The Hall–Kier alpha value is -3.77. The lowest BCUT2D eigenvalue weighted by atomic mass is 10.1. The van der Waals surface area contributed by atoms with Crippen LogP contribution in [0.2, 0.25) is 0 Å². The van der Waals surface area contributed by atoms with Gasteiger partial charge in [0.05, 0.1) is 20.8 Å². The molecule has 1 N–H and O–H groups in total. The third-order valence-electron chi connectivity index (χ3n) is 4.50. The van der Waals surface area contributed by atoms with Crippen molar-refractivity contribution in [2.24, 2.45) is 0 Å². The molecule has 0 aliphatic rings. The molecule has 33 heavy (non-hydrogen) atoms. The molecule has 2 aromatic carbocycles. The van der Waals surface area contributed by atoms with Crippen LogP contribution in [0.25, 0.3) is 0 Å². The molecule has 0 saturated heterocycles. The number of nitrogens with one attached hydrogen (secondary N) is 1. The molecule has 1 heterocycles. The fraction of sp³-hybridized carbons (Fsp3) is 0.250. The Labute approximate surface area is 182 Å². The Morgan fingerprint density at radius 2 is 1.58 bits per heavy atom. The molecule has 0 radical (unpaired) electrons. The predicted molar refractivity (Wildman–Crippen MR) is 104 cm³/mol. The molecule has 0 atom stereocenters. The molecule has 0 spiro atoms. The zero-order valence-electron chi connectivity index (χ0n) is 17.4. The van der Waals surface area contributed by atoms with Gasteiger partial charge in [-0.15, -0.1) is 0 Å². The summed E-state index contributed by atoms with van der Waals surface area (Å²) < 4.78 is 91.0. The van der Waals surface area contributed by atoms with Crippen LogP contribution in [0.4, 0.5) is 38.0 Å². The summed E-state index contributed by atoms with van der Waals surface area (Å²) in [7, 11) is 2.77. The number of alkyl halides is 3. The lowest BCUT2D eigenvalue weighted by Gasteiger charge is -2.17. The zero-order valence-corrected chi connectivity index (χ0v) is 17.4. The second kappa shape index (κ2) is 9.00. The second-order valence-corrected chi connectivity index (χ2v) is 6.77. The van der Waals surface area contributed by atoms with Gasteiger partial charge in [-0.2, -0.15) is 23.3 Å². The fourth-order valence-corrected chi connectivity index (χ4v) is 2.91. The van der Waals surface area contributed by atoms with E-state index in [-0.39, 0.29) is 17.0 Å². The van der Waals surface area contributed by atoms with Crippen LogP contribution in [0, 0.1) is 24.4 Å². The molecular weight excluding hydrogens is 458 g/mol. The third-order valence-corrected chi connectivity index (χ3v) is 4.50. The van der Waals surface area contributed by atoms with Crippen molar-refractivity contribution in [3.63, 3.8) is 0 Å². The summed E-state index contributed by atoms with van der Waals surface area (Å²) in [6.45, 7) is 0.966. The van der Waals surface area contributed by atoms with Crippen molar-refractivity contribution in [1.29, 1.82) is 0 Å². The maximum Gasteiger partial charge on any atom is 0.440 e. The number of nitrogens with zero attached hydrogens (tertiary/aromatic N) is 3. The molecule has 1 aromatic heterocycles. The maximum absolute atomic E-state index is 13.6. The summed E-state index contributed by atoms with van der Waals surface area (Å²) >= 11 is 0. The van der Waals surface area contributed by atoms with Gasteiger partial charge in [0, 0.05) is 11.8 Å². The van der Waals surface area contributed by atoms with Crippen LogP contribution in [0.5, 0.6) is 11.5 Å². The van der Waals surface area contributed by atoms with Gasteiger partial charge in [0.15, 0.2) is 29.0 Å². The van der Waals surface area contributed by atoms with Crippen molar-refractivity contribution in [3.05, 3.63) is 68.9 Å². The first-order chi connectivity index (χ1) is 15.4. The van der Waals surface area contributed by atoms with E-state index in [1.807, 2.05) is 0 Å². The third kappa shape index (κ3) is 5.02. The van der Waals surface area contributed by atoms with E-state index in [1.54, 1.807) is 13.0 Å². The lowest BCUT2D eigenvalue weighted by Crippen LogP contribution is -2.29. The number of methoxy groups -OCH3 is 2. The van der Waals surface area contributed by atoms with E-state index in [9.17, 15) is 31.1 Å². The minimum absolute atomic E-state index is 0.260. The summed E-state index contributed by atoms with van der Waals surface area (Å²) in [5.74, 6) is -4.65. The molecule has 176 valence electrons. The van der Waals surface area contributed by atoms with Crippen LogP contribution in [0.3, 0.4) is 0 Å². The van der Waals surface area contributed by atoms with Crippen molar-refractivity contribution in [3.8, 4) is 11.5 Å². The summed E-state index contributed by atoms with van der Waals surface area (Å²) in [5.41, 5.74) is -2.96. The standard InChI is InChI=1S/C20H16F6N4O3/c1-9-4-14(32-2)15(33-3)7-13(9)27-19-28-18(31)17(20(24,25)26)29-30(19)8-10-5-11(21)16(23)12(22)6-10/h4-7H,8H2,1-3H3,(H,27,28,31). The van der Waals surface area contributed by atoms with Crippen LogP contribution in [-0.2, 0) is 12.7 Å². The topological polar surface area (TPSA) is 78.3 Å². The molecule has 0 amide bonds. The zero-order chi connectivity index (χ0) is 24.5. The summed E-state index contributed by atoms with van der Waals surface area (Å²) in [5, 5.41) is 5.95. The van der Waals surface area contributed by atoms with Gasteiger partial charge < -0.3 is 14.8 Å². The fourth-order valence-electron chi connectivity index (χ4n) is 2.91. The van der Waals surface area contributed by atoms with E-state index in [0.29, 0.717) is 28.1 Å². The Morgan fingerprint density at radius 1 is 1.00 bits per heavy atom. The van der Waals surface area contributed by atoms with E-state index >= 15 is 0 Å². The Morgan fingerprint density at radius 3 is 2.12 bits per heavy atom. The average molecular weight is 474 g/mol. The number of halogens is 6. The molecule has 3 rings (SSSR count). The number of anilines is 2. The number of ether oxygens (including phenoxy) is 2. The quantitative estimate of drug-likeness (QED) is 0.427. The number of benzene rings is 2. The second-order valence-electron chi connectivity index (χ2n) is 6.77. The maximum atomic E-state index is 13.6. The first-order valence-corrected chi connectivity index (χ1v) is 9.14. The number of hydrogen-bond acceptors (Lipinski definition) is 6. The van der Waals surface area contributed by atoms with Crippen molar-refractivity contribution >= 4 is 11.6 Å². The molecular formula is C20H16F6N4O3. The van der Waals surface area contributed by atoms with E-state index in [2.05, 4.69) is 15.4 Å². The number of hydrogen-bond donors (Lipinski definition) is 1. The Bertz CT molecular complexity index is 1240. The van der Waals surface area contributed by atoms with E-state index in [4.69, 9.17) is 9.47 Å². The monoisotopic (exact) mass is 474 g/mol. The molecule has 0 aliphatic carbocycles. The van der Waals surface area contributed by atoms with Crippen LogP contribution in [-0.4, -0.2) is 29.0 Å². The normalized spacial score (nSPS) is 11.4. The van der Waals surface area contributed by atoms with Gasteiger partial charge in [0.1, 0.15) is 0 Å². The van der Waals surface area contributed by atoms with Crippen molar-refractivity contribution in [1.82, 2.24) is 14.8 Å². The van der Waals surface area contributed by atoms with Crippen LogP contribution >= 0.6 is 0 Å². The first-order valence-electron chi connectivity index (χ1n) is 9.14.